The summed E-state index contributed by atoms with van der Waals surface area (Å²) >= 11 is 0. The Labute approximate surface area is 174 Å². The van der Waals surface area contributed by atoms with Crippen molar-refractivity contribution < 1.29 is 23.5 Å². The molecule has 0 spiro atoms. The van der Waals surface area contributed by atoms with Gasteiger partial charge >= 0.3 is 5.97 Å². The van der Waals surface area contributed by atoms with Gasteiger partial charge in [0.25, 0.3) is 11.8 Å². The number of hydrogen-bond acceptors (Lipinski definition) is 5. The van der Waals surface area contributed by atoms with Crippen molar-refractivity contribution >= 4 is 34.4 Å². The molecule has 0 aliphatic rings. The highest BCUT2D eigenvalue weighted by molar-refractivity contribution is 5.97. The molecule has 0 saturated carbocycles. The van der Waals surface area contributed by atoms with Gasteiger partial charge in [0.15, 0.2) is 6.61 Å². The predicted molar refractivity (Wildman–Crippen MR) is 113 cm³/mol. The highest BCUT2D eigenvalue weighted by atomic mass is 16.5. The maximum absolute atomic E-state index is 12.2. The van der Waals surface area contributed by atoms with Crippen LogP contribution in [0.3, 0.4) is 0 Å². The fraction of sp³-hybridized carbons (Fsp3) is 0.261. The topological polar surface area (TPSA) is 97.6 Å². The normalized spacial score (nSPS) is 10.6. The Bertz CT molecular complexity index is 1070. The molecule has 2 aromatic carbocycles. The van der Waals surface area contributed by atoms with Gasteiger partial charge in [0.05, 0.1) is 12.7 Å². The number of carbonyl (C=O) groups is 3. The number of aryl methyl sites for hydroxylation is 1. The van der Waals surface area contributed by atoms with Crippen LogP contribution < -0.4 is 10.6 Å². The van der Waals surface area contributed by atoms with Gasteiger partial charge in [0.1, 0.15) is 5.58 Å². The van der Waals surface area contributed by atoms with Crippen LogP contribution in [0.4, 0.5) is 5.69 Å². The minimum Gasteiger partial charge on any atom is -0.464 e. The second-order valence-electron chi connectivity index (χ2n) is 6.77. The molecule has 7 heteroatoms. The number of rotatable bonds is 8. The Morgan fingerprint density at radius 2 is 1.90 bits per heavy atom. The van der Waals surface area contributed by atoms with Crippen LogP contribution >= 0.6 is 0 Å². The standard InChI is InChI=1S/C23H24N2O5/c1-3-15-8-9-19-17(13-29-20(19)10-15)12-22(27)30-14-21(26)25-18-7-5-6-16(11-18)23(28)24-4-2/h5-11,13H,3-4,12,14H2,1-2H3,(H,24,28)(H,25,26). The van der Waals surface area contributed by atoms with Gasteiger partial charge in [0.2, 0.25) is 0 Å². The number of fused-ring (bicyclic) bond motifs is 1. The minimum absolute atomic E-state index is 0.0123. The Morgan fingerprint density at radius 3 is 2.67 bits per heavy atom. The molecule has 0 atom stereocenters. The summed E-state index contributed by atoms with van der Waals surface area (Å²) in [7, 11) is 0. The van der Waals surface area contributed by atoms with E-state index in [0.29, 0.717) is 23.4 Å². The van der Waals surface area contributed by atoms with E-state index in [0.717, 1.165) is 23.0 Å². The summed E-state index contributed by atoms with van der Waals surface area (Å²) in [6, 6.07) is 12.4. The van der Waals surface area contributed by atoms with Crippen LogP contribution in [0.25, 0.3) is 11.0 Å². The quantitative estimate of drug-likeness (QED) is 0.556. The molecule has 1 aromatic heterocycles. The number of esters is 1. The van der Waals surface area contributed by atoms with Crippen LogP contribution in [-0.2, 0) is 27.2 Å². The second-order valence-corrected chi connectivity index (χ2v) is 6.77. The van der Waals surface area contributed by atoms with Gasteiger partial charge in [-0.05, 0) is 43.2 Å². The lowest BCUT2D eigenvalue weighted by atomic mass is 10.1. The molecule has 30 heavy (non-hydrogen) atoms. The highest BCUT2D eigenvalue weighted by Crippen LogP contribution is 2.23. The minimum atomic E-state index is -0.525. The molecule has 7 nitrogen and oxygen atoms in total. The van der Waals surface area contributed by atoms with Crippen LogP contribution in [0, 0.1) is 0 Å². The van der Waals surface area contributed by atoms with Crippen molar-refractivity contribution in [2.24, 2.45) is 0 Å². The van der Waals surface area contributed by atoms with Crippen molar-refractivity contribution in [3.63, 3.8) is 0 Å². The smallest absolute Gasteiger partial charge is 0.310 e. The first-order chi connectivity index (χ1) is 14.5. The zero-order valence-corrected chi connectivity index (χ0v) is 17.0. The number of anilines is 1. The van der Waals surface area contributed by atoms with Crippen LogP contribution in [0.1, 0.15) is 35.3 Å². The summed E-state index contributed by atoms with van der Waals surface area (Å²) < 4.78 is 10.6. The van der Waals surface area contributed by atoms with Crippen LogP contribution in [0.15, 0.2) is 53.1 Å². The molecule has 2 N–H and O–H groups in total. The van der Waals surface area contributed by atoms with Gasteiger partial charge in [-0.2, -0.15) is 0 Å². The summed E-state index contributed by atoms with van der Waals surface area (Å²) in [6.45, 7) is 3.98. The number of nitrogens with one attached hydrogen (secondary N) is 2. The van der Waals surface area contributed by atoms with Crippen molar-refractivity contribution in [2.45, 2.75) is 26.7 Å². The largest absolute Gasteiger partial charge is 0.464 e. The van der Waals surface area contributed by atoms with Gasteiger partial charge in [-0.15, -0.1) is 0 Å². The van der Waals surface area contributed by atoms with E-state index in [2.05, 4.69) is 17.6 Å². The van der Waals surface area contributed by atoms with Gasteiger partial charge in [-0.25, -0.2) is 0 Å². The van der Waals surface area contributed by atoms with E-state index in [4.69, 9.17) is 9.15 Å². The van der Waals surface area contributed by atoms with Crippen molar-refractivity contribution in [3.8, 4) is 0 Å². The molecule has 3 aromatic rings. The van der Waals surface area contributed by atoms with Gasteiger partial charge in [-0.1, -0.05) is 25.1 Å². The molecule has 0 unspecified atom stereocenters. The zero-order valence-electron chi connectivity index (χ0n) is 17.0. The molecule has 2 amide bonds. The lowest BCUT2D eigenvalue weighted by Crippen LogP contribution is -2.24. The molecule has 0 bridgehead atoms. The van der Waals surface area contributed by atoms with Crippen LogP contribution in [0.5, 0.6) is 0 Å². The van der Waals surface area contributed by atoms with Crippen molar-refractivity contribution in [2.75, 3.05) is 18.5 Å². The molecule has 0 radical (unpaired) electrons. The summed E-state index contributed by atoms with van der Waals surface area (Å²) in [5.74, 6) is -1.23. The number of amides is 2. The summed E-state index contributed by atoms with van der Waals surface area (Å²) in [5, 5.41) is 6.17. The van der Waals surface area contributed by atoms with E-state index in [-0.39, 0.29) is 12.3 Å². The third-order valence-electron chi connectivity index (χ3n) is 4.57. The van der Waals surface area contributed by atoms with Gasteiger partial charge in [-0.3, -0.25) is 14.4 Å². The molecule has 0 saturated heterocycles. The molecule has 0 aliphatic carbocycles. The molecule has 156 valence electrons. The SMILES string of the molecule is CCNC(=O)c1cccc(NC(=O)COC(=O)Cc2coc3cc(CC)ccc23)c1. The average Bonchev–Trinajstić information content (AvgIpc) is 3.14. The molecule has 0 aliphatic heterocycles. The predicted octanol–water partition coefficient (Wildman–Crippen LogP) is 3.47. The molecule has 3 rings (SSSR count). The molecular weight excluding hydrogens is 384 g/mol. The number of benzene rings is 2. The summed E-state index contributed by atoms with van der Waals surface area (Å²) in [4.78, 5) is 36.1. The first kappa shape index (κ1) is 21.1. The van der Waals surface area contributed by atoms with E-state index in [1.165, 1.54) is 6.26 Å². The van der Waals surface area contributed by atoms with Crippen molar-refractivity contribution in [1.82, 2.24) is 5.32 Å². The second kappa shape index (κ2) is 9.73. The zero-order chi connectivity index (χ0) is 21.5. The first-order valence-corrected chi connectivity index (χ1v) is 9.83. The van der Waals surface area contributed by atoms with Gasteiger partial charge in [0, 0.05) is 28.7 Å². The summed E-state index contributed by atoms with van der Waals surface area (Å²) in [6.07, 6.45) is 2.45. The lowest BCUT2D eigenvalue weighted by molar-refractivity contribution is -0.146. The third kappa shape index (κ3) is 5.26. The molecular formula is C23H24N2O5. The number of furan rings is 1. The van der Waals surface area contributed by atoms with E-state index < -0.39 is 18.5 Å². The number of ether oxygens (including phenoxy) is 1. The number of hydrogen-bond donors (Lipinski definition) is 2. The van der Waals surface area contributed by atoms with Crippen LogP contribution in [-0.4, -0.2) is 30.9 Å². The van der Waals surface area contributed by atoms with Crippen molar-refractivity contribution in [3.05, 3.63) is 65.4 Å². The monoisotopic (exact) mass is 408 g/mol. The Balaban J connectivity index is 1.53. The maximum atomic E-state index is 12.2. The van der Waals surface area contributed by atoms with E-state index in [1.54, 1.807) is 24.3 Å². The average molecular weight is 408 g/mol. The van der Waals surface area contributed by atoms with E-state index >= 15 is 0 Å². The van der Waals surface area contributed by atoms with E-state index in [1.807, 2.05) is 25.1 Å². The van der Waals surface area contributed by atoms with E-state index in [9.17, 15) is 14.4 Å². The molecule has 0 fully saturated rings. The fourth-order valence-corrected chi connectivity index (χ4v) is 3.03. The lowest BCUT2D eigenvalue weighted by Gasteiger charge is -2.08. The number of carbonyl (C=O) groups excluding carboxylic acids is 3. The maximum Gasteiger partial charge on any atom is 0.310 e. The fourth-order valence-electron chi connectivity index (χ4n) is 3.03. The Hall–Kier alpha value is -3.61. The molecule has 1 heterocycles. The summed E-state index contributed by atoms with van der Waals surface area (Å²) in [5.41, 5.74) is 3.48. The Morgan fingerprint density at radius 1 is 1.07 bits per heavy atom. The third-order valence-corrected chi connectivity index (χ3v) is 4.57. The highest BCUT2D eigenvalue weighted by Gasteiger charge is 2.14. The first-order valence-electron chi connectivity index (χ1n) is 9.83. The van der Waals surface area contributed by atoms with Gasteiger partial charge < -0.3 is 19.8 Å². The van der Waals surface area contributed by atoms with Crippen LogP contribution in [0.2, 0.25) is 0 Å². The Kier molecular flexibility index (Phi) is 6.85. The van der Waals surface area contributed by atoms with Crippen molar-refractivity contribution in [1.29, 1.82) is 0 Å².